The lowest BCUT2D eigenvalue weighted by molar-refractivity contribution is -0.135. The number of carbonyl (C=O) groups excluding carboxylic acids is 1. The van der Waals surface area contributed by atoms with E-state index in [1.54, 1.807) is 51.5 Å². The van der Waals surface area contributed by atoms with E-state index in [4.69, 9.17) is 4.74 Å². The molecule has 0 fully saturated rings. The zero-order valence-electron chi connectivity index (χ0n) is 20.1. The number of pyridine rings is 1. The Morgan fingerprint density at radius 2 is 1.94 bits per heavy atom. The molecule has 0 radical (unpaired) electrons. The Balaban J connectivity index is 1.49. The first-order valence-electron chi connectivity index (χ1n) is 11.5. The molecule has 1 atom stereocenters. The number of benzene rings is 2. The predicted octanol–water partition coefficient (Wildman–Crippen LogP) is 4.77. The van der Waals surface area contributed by atoms with Crippen LogP contribution >= 0.6 is 0 Å². The van der Waals surface area contributed by atoms with Crippen LogP contribution in [-0.2, 0) is 11.3 Å². The Morgan fingerprint density at radius 1 is 1.08 bits per heavy atom. The molecule has 1 amide bonds. The number of rotatable bonds is 7. The van der Waals surface area contributed by atoms with Crippen molar-refractivity contribution in [3.8, 4) is 5.75 Å². The van der Waals surface area contributed by atoms with Crippen molar-refractivity contribution >= 4 is 39.2 Å². The molecule has 0 saturated carbocycles. The highest BCUT2D eigenvalue weighted by Gasteiger charge is 2.20. The maximum atomic E-state index is 15.6. The molecule has 2 aromatic carbocycles. The smallest absolute Gasteiger partial charge is 0.262 e. The summed E-state index contributed by atoms with van der Waals surface area (Å²) in [5.41, 5.74) is 2.53. The zero-order chi connectivity index (χ0) is 25.2. The van der Waals surface area contributed by atoms with E-state index in [2.05, 4.69) is 20.3 Å². The van der Waals surface area contributed by atoms with Gasteiger partial charge in [-0.25, -0.2) is 14.4 Å². The van der Waals surface area contributed by atoms with Gasteiger partial charge in [-0.05, 0) is 49.4 Å². The van der Waals surface area contributed by atoms with Crippen LogP contribution in [0.2, 0.25) is 0 Å². The highest BCUT2D eigenvalue weighted by atomic mass is 19.1. The van der Waals surface area contributed by atoms with Crippen LogP contribution in [0.1, 0.15) is 12.6 Å². The number of halogens is 1. The molecule has 0 aliphatic carbocycles. The molecule has 182 valence electrons. The fourth-order valence-corrected chi connectivity index (χ4v) is 4.14. The Kier molecular flexibility index (Phi) is 6.20. The molecule has 0 aliphatic rings. The molecule has 0 bridgehead atoms. The van der Waals surface area contributed by atoms with Crippen molar-refractivity contribution in [1.82, 2.24) is 24.4 Å². The molecule has 0 spiro atoms. The normalized spacial score (nSPS) is 12.0. The number of nitrogens with zero attached hydrogens (tertiary/aromatic N) is 5. The van der Waals surface area contributed by atoms with E-state index < -0.39 is 11.9 Å². The Morgan fingerprint density at radius 3 is 2.72 bits per heavy atom. The van der Waals surface area contributed by atoms with Gasteiger partial charge in [-0.3, -0.25) is 9.78 Å². The van der Waals surface area contributed by atoms with E-state index in [9.17, 15) is 4.79 Å². The summed E-state index contributed by atoms with van der Waals surface area (Å²) in [5, 5.41) is 4.15. The average molecular weight is 485 g/mol. The lowest BCUT2D eigenvalue weighted by Gasteiger charge is -2.20. The van der Waals surface area contributed by atoms with E-state index in [1.165, 1.54) is 11.2 Å². The Hall–Kier alpha value is -4.53. The molecular weight excluding hydrogens is 459 g/mol. The minimum atomic E-state index is -0.717. The molecule has 1 N–H and O–H groups in total. The van der Waals surface area contributed by atoms with Crippen LogP contribution in [0.25, 0.3) is 21.8 Å². The summed E-state index contributed by atoms with van der Waals surface area (Å²) in [4.78, 5) is 26.8. The van der Waals surface area contributed by atoms with E-state index >= 15 is 4.39 Å². The van der Waals surface area contributed by atoms with Gasteiger partial charge < -0.3 is 19.5 Å². The third-order valence-electron chi connectivity index (χ3n) is 5.92. The van der Waals surface area contributed by atoms with Gasteiger partial charge in [0.05, 0.1) is 34.3 Å². The van der Waals surface area contributed by atoms with E-state index in [1.807, 2.05) is 41.1 Å². The SMILES string of the molecule is C[C@@H](Oc1cccc2ncnc(Nc3ccc4c(ccn4Cc4ccccn4)c3F)c12)C(=O)N(C)C. The van der Waals surface area contributed by atoms with E-state index in [0.29, 0.717) is 34.4 Å². The number of ether oxygens (including phenoxy) is 1. The number of likely N-dealkylation sites (N-methyl/N-ethyl adjacent to an activating group) is 1. The van der Waals surface area contributed by atoms with Crippen molar-refractivity contribution in [2.24, 2.45) is 0 Å². The van der Waals surface area contributed by atoms with Crippen LogP contribution in [0.5, 0.6) is 5.75 Å². The van der Waals surface area contributed by atoms with Crippen molar-refractivity contribution in [3.05, 3.63) is 84.8 Å². The molecular formula is C27H25FN6O2. The zero-order valence-corrected chi connectivity index (χ0v) is 20.1. The highest BCUT2D eigenvalue weighted by molar-refractivity contribution is 5.97. The number of hydrogen-bond donors (Lipinski definition) is 1. The Labute approximate surface area is 207 Å². The van der Waals surface area contributed by atoms with Crippen LogP contribution in [0.3, 0.4) is 0 Å². The second-order valence-corrected chi connectivity index (χ2v) is 8.61. The highest BCUT2D eigenvalue weighted by Crippen LogP contribution is 2.34. The fraction of sp³-hybridized carbons (Fsp3) is 0.185. The summed E-state index contributed by atoms with van der Waals surface area (Å²) in [6.07, 6.45) is 4.28. The molecule has 0 aliphatic heterocycles. The summed E-state index contributed by atoms with van der Waals surface area (Å²) in [5.74, 6) is 0.242. The lowest BCUT2D eigenvalue weighted by Crippen LogP contribution is -2.35. The second kappa shape index (κ2) is 9.61. The molecule has 0 unspecified atom stereocenters. The maximum Gasteiger partial charge on any atom is 0.262 e. The monoisotopic (exact) mass is 484 g/mol. The first-order valence-corrected chi connectivity index (χ1v) is 11.5. The summed E-state index contributed by atoms with van der Waals surface area (Å²) >= 11 is 0. The van der Waals surface area contributed by atoms with Crippen LogP contribution in [-0.4, -0.2) is 50.5 Å². The molecule has 5 aromatic rings. The summed E-state index contributed by atoms with van der Waals surface area (Å²) < 4.78 is 23.5. The van der Waals surface area contributed by atoms with Gasteiger partial charge in [-0.2, -0.15) is 0 Å². The number of fused-ring (bicyclic) bond motifs is 2. The van der Waals surface area contributed by atoms with Crippen LogP contribution in [0.15, 0.2) is 73.3 Å². The quantitative estimate of drug-likeness (QED) is 0.358. The molecule has 8 nitrogen and oxygen atoms in total. The number of amides is 1. The minimum Gasteiger partial charge on any atom is -0.480 e. The number of aromatic nitrogens is 4. The maximum absolute atomic E-state index is 15.6. The predicted molar refractivity (Wildman–Crippen MR) is 137 cm³/mol. The topological polar surface area (TPSA) is 85.2 Å². The van der Waals surface area contributed by atoms with Crippen molar-refractivity contribution in [3.63, 3.8) is 0 Å². The fourth-order valence-electron chi connectivity index (χ4n) is 4.14. The minimum absolute atomic E-state index is 0.176. The van der Waals surface area contributed by atoms with Crippen molar-refractivity contribution < 1.29 is 13.9 Å². The number of nitrogens with one attached hydrogen (secondary N) is 1. The molecule has 9 heteroatoms. The van der Waals surface area contributed by atoms with Gasteiger partial charge in [0.25, 0.3) is 5.91 Å². The molecule has 5 rings (SSSR count). The number of carbonyl (C=O) groups is 1. The summed E-state index contributed by atoms with van der Waals surface area (Å²) in [6, 6.07) is 16.4. The van der Waals surface area contributed by atoms with Gasteiger partial charge in [-0.1, -0.05) is 12.1 Å². The first kappa shape index (κ1) is 23.2. The van der Waals surface area contributed by atoms with Crippen LogP contribution < -0.4 is 10.1 Å². The van der Waals surface area contributed by atoms with Crippen LogP contribution in [0, 0.1) is 5.82 Å². The van der Waals surface area contributed by atoms with Crippen molar-refractivity contribution in [1.29, 1.82) is 0 Å². The van der Waals surface area contributed by atoms with E-state index in [0.717, 1.165) is 11.2 Å². The second-order valence-electron chi connectivity index (χ2n) is 8.61. The van der Waals surface area contributed by atoms with Gasteiger partial charge >= 0.3 is 0 Å². The van der Waals surface area contributed by atoms with Crippen molar-refractivity contribution in [2.45, 2.75) is 19.6 Å². The van der Waals surface area contributed by atoms with Gasteiger partial charge in [0.1, 0.15) is 17.9 Å². The van der Waals surface area contributed by atoms with Gasteiger partial charge in [0.2, 0.25) is 0 Å². The number of hydrogen-bond acceptors (Lipinski definition) is 6. The Bertz CT molecular complexity index is 1550. The average Bonchev–Trinajstić information content (AvgIpc) is 3.29. The van der Waals surface area contributed by atoms with Gasteiger partial charge in [0, 0.05) is 31.9 Å². The molecule has 3 aromatic heterocycles. The third kappa shape index (κ3) is 4.43. The third-order valence-corrected chi connectivity index (χ3v) is 5.92. The molecule has 36 heavy (non-hydrogen) atoms. The summed E-state index contributed by atoms with van der Waals surface area (Å²) in [7, 11) is 3.34. The van der Waals surface area contributed by atoms with Gasteiger partial charge in [0.15, 0.2) is 11.9 Å². The lowest BCUT2D eigenvalue weighted by atomic mass is 10.2. The molecule has 3 heterocycles. The van der Waals surface area contributed by atoms with Crippen LogP contribution in [0.4, 0.5) is 15.9 Å². The molecule has 0 saturated heterocycles. The van der Waals surface area contributed by atoms with Crippen molar-refractivity contribution in [2.75, 3.05) is 19.4 Å². The summed E-state index contributed by atoms with van der Waals surface area (Å²) in [6.45, 7) is 2.22. The van der Waals surface area contributed by atoms with E-state index in [-0.39, 0.29) is 11.6 Å². The number of anilines is 2. The first-order chi connectivity index (χ1) is 17.4. The standard InChI is InChI=1S/C27H25FN6O2/c1-17(27(35)33(2)3)36-23-9-6-8-20-24(23)26(31-16-30-20)32-21-10-11-22-19(25(21)28)12-14-34(22)15-18-7-4-5-13-29-18/h4-14,16-17H,15H2,1-3H3,(H,30,31,32)/t17-/m1/s1. The largest absolute Gasteiger partial charge is 0.480 e. The van der Waals surface area contributed by atoms with Gasteiger partial charge in [-0.15, -0.1) is 0 Å².